The van der Waals surface area contributed by atoms with Gasteiger partial charge in [-0.05, 0) is 97.0 Å². The zero-order chi connectivity index (χ0) is 25.3. The summed E-state index contributed by atoms with van der Waals surface area (Å²) < 4.78 is 11.2. The Balaban J connectivity index is 1.49. The molecule has 0 saturated carbocycles. The number of likely N-dealkylation sites (N-methyl/N-ethyl adjacent to an activating group) is 1. The lowest BCUT2D eigenvalue weighted by atomic mass is 10.0. The lowest BCUT2D eigenvalue weighted by Gasteiger charge is -2.26. The third-order valence-corrected chi connectivity index (χ3v) is 7.22. The van der Waals surface area contributed by atoms with E-state index in [4.69, 9.17) is 9.47 Å². The number of methoxy groups -OCH3 is 1. The highest BCUT2D eigenvalue weighted by Crippen LogP contribution is 2.40. The van der Waals surface area contributed by atoms with Gasteiger partial charge in [-0.15, -0.1) is 0 Å². The molecule has 0 saturated heterocycles. The Labute approximate surface area is 217 Å². The number of benzene rings is 3. The minimum Gasteiger partial charge on any atom is -0.497 e. The van der Waals surface area contributed by atoms with Crippen LogP contribution in [0.5, 0.6) is 11.5 Å². The maximum absolute atomic E-state index is 6.01. The van der Waals surface area contributed by atoms with Crippen LogP contribution in [0, 0.1) is 0 Å². The summed E-state index contributed by atoms with van der Waals surface area (Å²) in [7, 11) is 1.68. The van der Waals surface area contributed by atoms with E-state index < -0.39 is 0 Å². The van der Waals surface area contributed by atoms with Gasteiger partial charge >= 0.3 is 0 Å². The van der Waals surface area contributed by atoms with Crippen molar-refractivity contribution < 1.29 is 9.47 Å². The van der Waals surface area contributed by atoms with E-state index in [1.54, 1.807) is 7.11 Å². The molecule has 192 valence electrons. The monoisotopic (exact) mass is 486 g/mol. The van der Waals surface area contributed by atoms with Crippen LogP contribution in [0.1, 0.15) is 57.6 Å². The number of unbranched alkanes of at least 4 members (excludes halogenated alkanes) is 2. The molecule has 3 aromatic rings. The van der Waals surface area contributed by atoms with Gasteiger partial charge < -0.3 is 19.3 Å². The van der Waals surface area contributed by atoms with Gasteiger partial charge in [0.15, 0.2) is 0 Å². The van der Waals surface area contributed by atoms with Gasteiger partial charge in [0.25, 0.3) is 0 Å². The highest BCUT2D eigenvalue weighted by atomic mass is 16.5. The number of nitrogens with zero attached hydrogens (tertiary/aromatic N) is 2. The van der Waals surface area contributed by atoms with Gasteiger partial charge in [0.1, 0.15) is 18.1 Å². The molecule has 0 amide bonds. The van der Waals surface area contributed by atoms with E-state index in [2.05, 4.69) is 67.0 Å². The first-order valence-electron chi connectivity index (χ1n) is 13.7. The third-order valence-electron chi connectivity index (χ3n) is 7.22. The van der Waals surface area contributed by atoms with Gasteiger partial charge in [0.05, 0.1) is 13.7 Å². The maximum atomic E-state index is 6.01. The Kier molecular flexibility index (Phi) is 9.16. The van der Waals surface area contributed by atoms with Crippen molar-refractivity contribution in [3.05, 3.63) is 71.8 Å². The van der Waals surface area contributed by atoms with Crippen LogP contribution in [-0.4, -0.2) is 39.9 Å². The third kappa shape index (κ3) is 6.16. The van der Waals surface area contributed by atoms with Crippen molar-refractivity contribution in [3.8, 4) is 22.6 Å². The number of ether oxygens (including phenoxy) is 2. The Morgan fingerprint density at radius 3 is 1.75 bits per heavy atom. The molecule has 0 aromatic heterocycles. The quantitative estimate of drug-likeness (QED) is 0.183. The van der Waals surface area contributed by atoms with Gasteiger partial charge in [0, 0.05) is 31.0 Å². The first-order chi connectivity index (χ1) is 17.7. The van der Waals surface area contributed by atoms with Gasteiger partial charge in [0.2, 0.25) is 0 Å². The highest BCUT2D eigenvalue weighted by Gasteiger charge is 2.21. The normalized spacial score (nSPS) is 11.7. The molecule has 0 atom stereocenters. The Morgan fingerprint density at radius 2 is 1.22 bits per heavy atom. The smallest absolute Gasteiger partial charge is 0.119 e. The highest BCUT2D eigenvalue weighted by molar-refractivity contribution is 5.82. The predicted molar refractivity (Wildman–Crippen MR) is 153 cm³/mol. The second kappa shape index (κ2) is 12.7. The van der Waals surface area contributed by atoms with Crippen molar-refractivity contribution in [1.82, 2.24) is 0 Å². The van der Waals surface area contributed by atoms with Crippen LogP contribution < -0.4 is 19.3 Å². The van der Waals surface area contributed by atoms with Gasteiger partial charge in [-0.3, -0.25) is 0 Å². The van der Waals surface area contributed by atoms with E-state index in [9.17, 15) is 0 Å². The fraction of sp³-hybridized carbons (Fsp3) is 0.438. The molecule has 1 aliphatic carbocycles. The molecule has 3 aromatic carbocycles. The summed E-state index contributed by atoms with van der Waals surface area (Å²) in [5.74, 6) is 1.72. The van der Waals surface area contributed by atoms with Crippen molar-refractivity contribution in [3.63, 3.8) is 0 Å². The summed E-state index contributed by atoms with van der Waals surface area (Å²) in [5.41, 5.74) is 8.32. The number of rotatable bonds is 14. The molecule has 1 aliphatic rings. The summed E-state index contributed by atoms with van der Waals surface area (Å²) in [6.07, 6.45) is 5.97. The minimum absolute atomic E-state index is 0.641. The Morgan fingerprint density at radius 1 is 0.667 bits per heavy atom. The lowest BCUT2D eigenvalue weighted by molar-refractivity contribution is 0.323. The molecule has 4 rings (SSSR count). The fourth-order valence-corrected chi connectivity index (χ4v) is 5.02. The first kappa shape index (κ1) is 25.9. The average molecular weight is 487 g/mol. The molecule has 4 nitrogen and oxygen atoms in total. The second-order valence-electron chi connectivity index (χ2n) is 9.66. The zero-order valence-corrected chi connectivity index (χ0v) is 22.6. The van der Waals surface area contributed by atoms with Crippen LogP contribution in [-0.2, 0) is 6.42 Å². The molecule has 36 heavy (non-hydrogen) atoms. The molecule has 0 aliphatic heterocycles. The Hall–Kier alpha value is -3.14. The molecule has 0 N–H and O–H groups in total. The maximum Gasteiger partial charge on any atom is 0.119 e. The van der Waals surface area contributed by atoms with Gasteiger partial charge in [-0.25, -0.2) is 0 Å². The molecule has 0 heterocycles. The molecular weight excluding hydrogens is 444 g/mol. The molecule has 4 heteroatoms. The largest absolute Gasteiger partial charge is 0.497 e. The van der Waals surface area contributed by atoms with Crippen molar-refractivity contribution >= 4 is 11.4 Å². The zero-order valence-electron chi connectivity index (χ0n) is 22.6. The van der Waals surface area contributed by atoms with E-state index >= 15 is 0 Å². The molecule has 0 unspecified atom stereocenters. The molecule has 0 radical (unpaired) electrons. The number of hydrogen-bond donors (Lipinski definition) is 0. The van der Waals surface area contributed by atoms with E-state index in [-0.39, 0.29) is 0 Å². The van der Waals surface area contributed by atoms with Crippen LogP contribution in [0.15, 0.2) is 60.7 Å². The van der Waals surface area contributed by atoms with E-state index in [0.717, 1.165) is 44.1 Å². The molecule has 0 fully saturated rings. The summed E-state index contributed by atoms with van der Waals surface area (Å²) in [5, 5.41) is 0. The summed E-state index contributed by atoms with van der Waals surface area (Å²) in [4.78, 5) is 4.99. The standard InChI is InChI=1S/C32H42N2O2/c1-5-8-18-34(19-9-6-2)28-13-11-26-22-25-10-12-27(23-31(25)32(26)24-28)33(7-3)20-21-36-30-16-14-29(35-4)15-17-30/h10-17,23-24H,5-9,18-22H2,1-4H3. The van der Waals surface area contributed by atoms with E-state index in [1.807, 2.05) is 24.3 Å². The lowest BCUT2D eigenvalue weighted by Crippen LogP contribution is -2.28. The SMILES string of the molecule is CCCCN(CCCC)c1ccc2c(c1)-c1cc(N(CC)CCOc3ccc(OC)cc3)ccc1C2. The molecular formula is C32H42N2O2. The molecule has 0 bridgehead atoms. The topological polar surface area (TPSA) is 24.9 Å². The van der Waals surface area contributed by atoms with Crippen LogP contribution >= 0.6 is 0 Å². The first-order valence-corrected chi connectivity index (χ1v) is 13.7. The van der Waals surface area contributed by atoms with Crippen molar-refractivity contribution in [2.24, 2.45) is 0 Å². The van der Waals surface area contributed by atoms with Crippen LogP contribution in [0.4, 0.5) is 11.4 Å². The molecule has 0 spiro atoms. The van der Waals surface area contributed by atoms with Crippen LogP contribution in [0.3, 0.4) is 0 Å². The predicted octanol–water partition coefficient (Wildman–Crippen LogP) is 7.58. The minimum atomic E-state index is 0.641. The summed E-state index contributed by atoms with van der Waals surface area (Å²) in [6.45, 7) is 11.5. The average Bonchev–Trinajstić information content (AvgIpc) is 3.29. The van der Waals surface area contributed by atoms with Crippen LogP contribution in [0.2, 0.25) is 0 Å². The van der Waals surface area contributed by atoms with Crippen molar-refractivity contribution in [1.29, 1.82) is 0 Å². The second-order valence-corrected chi connectivity index (χ2v) is 9.66. The number of fused-ring (bicyclic) bond motifs is 3. The summed E-state index contributed by atoms with van der Waals surface area (Å²) in [6, 6.07) is 21.9. The van der Waals surface area contributed by atoms with Crippen molar-refractivity contribution in [2.75, 3.05) is 49.7 Å². The van der Waals surface area contributed by atoms with Gasteiger partial charge in [-0.1, -0.05) is 38.8 Å². The fourth-order valence-electron chi connectivity index (χ4n) is 5.02. The van der Waals surface area contributed by atoms with Crippen LogP contribution in [0.25, 0.3) is 11.1 Å². The number of hydrogen-bond acceptors (Lipinski definition) is 4. The summed E-state index contributed by atoms with van der Waals surface area (Å²) >= 11 is 0. The van der Waals surface area contributed by atoms with Gasteiger partial charge in [-0.2, -0.15) is 0 Å². The van der Waals surface area contributed by atoms with E-state index in [1.165, 1.54) is 59.3 Å². The van der Waals surface area contributed by atoms with E-state index in [0.29, 0.717) is 6.61 Å². The van der Waals surface area contributed by atoms with Crippen molar-refractivity contribution in [2.45, 2.75) is 52.9 Å². The Bertz CT molecular complexity index is 1100. The number of anilines is 2.